The van der Waals surface area contributed by atoms with Gasteiger partial charge in [0, 0.05) is 0 Å². The van der Waals surface area contributed by atoms with Gasteiger partial charge in [0.25, 0.3) is 0 Å². The number of sulfonamides is 1. The first-order valence-electron chi connectivity index (χ1n) is 9.14. The number of ether oxygens (including phenoxy) is 1. The number of quaternary nitrogens is 1. The first-order valence-corrected chi connectivity index (χ1v) is 10.6. The zero-order valence-corrected chi connectivity index (χ0v) is 15.6. The average molecular weight is 367 g/mol. The SMILES string of the molecule is CCOC(=O)c1ccc(S(=O)(=O)N2CC[NH+](C3CCCC3)CC2)cc1. The van der Waals surface area contributed by atoms with E-state index in [9.17, 15) is 13.2 Å². The molecule has 1 aliphatic heterocycles. The Labute approximate surface area is 149 Å². The van der Waals surface area contributed by atoms with Crippen LogP contribution < -0.4 is 4.90 Å². The Morgan fingerprint density at radius 3 is 2.32 bits per heavy atom. The van der Waals surface area contributed by atoms with E-state index in [1.165, 1.54) is 49.9 Å². The number of nitrogens with one attached hydrogen (secondary N) is 1. The van der Waals surface area contributed by atoms with Crippen LogP contribution in [0.3, 0.4) is 0 Å². The maximum Gasteiger partial charge on any atom is 0.338 e. The highest BCUT2D eigenvalue weighted by Crippen LogP contribution is 2.19. The van der Waals surface area contributed by atoms with E-state index in [1.807, 2.05) is 0 Å². The highest BCUT2D eigenvalue weighted by Gasteiger charge is 2.34. The van der Waals surface area contributed by atoms with Crippen LogP contribution in [0.1, 0.15) is 43.0 Å². The van der Waals surface area contributed by atoms with Gasteiger partial charge in [0.1, 0.15) is 0 Å². The van der Waals surface area contributed by atoms with Gasteiger partial charge in [-0.15, -0.1) is 0 Å². The van der Waals surface area contributed by atoms with E-state index in [2.05, 4.69) is 0 Å². The lowest BCUT2D eigenvalue weighted by atomic mass is 10.2. The fourth-order valence-corrected chi connectivity index (χ4v) is 5.32. The Kier molecular flexibility index (Phi) is 5.76. The summed E-state index contributed by atoms with van der Waals surface area (Å²) >= 11 is 0. The molecule has 1 saturated carbocycles. The molecule has 0 unspecified atom stereocenters. The molecule has 0 bridgehead atoms. The molecular formula is C18H27N2O4S+. The summed E-state index contributed by atoms with van der Waals surface area (Å²) in [7, 11) is -3.50. The average Bonchev–Trinajstić information content (AvgIpc) is 3.17. The van der Waals surface area contributed by atoms with Crippen molar-refractivity contribution in [3.05, 3.63) is 29.8 Å². The van der Waals surface area contributed by atoms with Crippen LogP contribution in [0.2, 0.25) is 0 Å². The molecule has 2 fully saturated rings. The van der Waals surface area contributed by atoms with Crippen molar-refractivity contribution < 1.29 is 22.8 Å². The van der Waals surface area contributed by atoms with Gasteiger partial charge in [-0.2, -0.15) is 4.31 Å². The lowest BCUT2D eigenvalue weighted by Crippen LogP contribution is -3.18. The van der Waals surface area contributed by atoms with Crippen molar-refractivity contribution in [1.29, 1.82) is 0 Å². The van der Waals surface area contributed by atoms with Gasteiger partial charge in [-0.05, 0) is 56.9 Å². The van der Waals surface area contributed by atoms with Gasteiger partial charge in [0.2, 0.25) is 10.0 Å². The van der Waals surface area contributed by atoms with Crippen LogP contribution in [0.15, 0.2) is 29.2 Å². The van der Waals surface area contributed by atoms with Crippen molar-refractivity contribution in [2.24, 2.45) is 0 Å². The maximum atomic E-state index is 12.8. The minimum absolute atomic E-state index is 0.241. The van der Waals surface area contributed by atoms with Crippen LogP contribution >= 0.6 is 0 Å². The molecule has 1 aromatic rings. The van der Waals surface area contributed by atoms with Crippen molar-refractivity contribution >= 4 is 16.0 Å². The van der Waals surface area contributed by atoms with Gasteiger partial charge in [-0.1, -0.05) is 0 Å². The minimum Gasteiger partial charge on any atom is -0.462 e. The number of carbonyl (C=O) groups is 1. The van der Waals surface area contributed by atoms with Crippen molar-refractivity contribution in [3.63, 3.8) is 0 Å². The predicted octanol–water partition coefficient (Wildman–Crippen LogP) is 0.695. The van der Waals surface area contributed by atoms with E-state index in [0.29, 0.717) is 31.3 Å². The normalized spacial score (nSPS) is 20.7. The molecule has 0 aromatic heterocycles. The summed E-state index contributed by atoms with van der Waals surface area (Å²) in [5.41, 5.74) is 0.372. The minimum atomic E-state index is -3.50. The van der Waals surface area contributed by atoms with Gasteiger partial charge >= 0.3 is 5.97 Å². The van der Waals surface area contributed by atoms with Crippen LogP contribution in [0.4, 0.5) is 0 Å². The summed E-state index contributed by atoms with van der Waals surface area (Å²) in [6, 6.07) is 6.75. The molecule has 1 aliphatic carbocycles. The lowest BCUT2D eigenvalue weighted by molar-refractivity contribution is -0.928. The lowest BCUT2D eigenvalue weighted by Gasteiger charge is -2.34. The van der Waals surface area contributed by atoms with Crippen LogP contribution in [0, 0.1) is 0 Å². The Balaban J connectivity index is 1.64. The van der Waals surface area contributed by atoms with E-state index < -0.39 is 16.0 Å². The third-order valence-electron chi connectivity index (χ3n) is 5.30. The summed E-state index contributed by atoms with van der Waals surface area (Å²) in [4.78, 5) is 13.5. The van der Waals surface area contributed by atoms with E-state index in [-0.39, 0.29) is 4.90 Å². The fourth-order valence-electron chi connectivity index (χ4n) is 3.88. The molecule has 0 radical (unpaired) electrons. The van der Waals surface area contributed by atoms with Crippen molar-refractivity contribution in [2.75, 3.05) is 32.8 Å². The number of benzene rings is 1. The Hall–Kier alpha value is -1.44. The molecule has 7 heteroatoms. The molecule has 0 spiro atoms. The molecule has 0 amide bonds. The van der Waals surface area contributed by atoms with Crippen LogP contribution in [-0.4, -0.2) is 57.5 Å². The second-order valence-electron chi connectivity index (χ2n) is 6.79. The first kappa shape index (κ1) is 18.4. The fraction of sp³-hybridized carbons (Fsp3) is 0.611. The van der Waals surface area contributed by atoms with Crippen molar-refractivity contribution in [2.45, 2.75) is 43.5 Å². The standard InChI is InChI=1S/C18H26N2O4S/c1-2-24-18(21)15-7-9-17(10-8-15)25(22,23)20-13-11-19(12-14-20)16-5-3-4-6-16/h7-10,16H,2-6,11-14H2,1H3/p+1. The first-order chi connectivity index (χ1) is 12.0. The summed E-state index contributed by atoms with van der Waals surface area (Å²) < 4.78 is 32.1. The predicted molar refractivity (Wildman–Crippen MR) is 94.1 cm³/mol. The maximum absolute atomic E-state index is 12.8. The molecule has 1 saturated heterocycles. The third kappa shape index (κ3) is 4.04. The second kappa shape index (κ2) is 7.85. The van der Waals surface area contributed by atoms with E-state index in [1.54, 1.807) is 16.1 Å². The zero-order valence-electron chi connectivity index (χ0n) is 14.7. The number of hydrogen-bond acceptors (Lipinski definition) is 4. The Bertz CT molecular complexity index is 688. The van der Waals surface area contributed by atoms with Crippen LogP contribution in [0.5, 0.6) is 0 Å². The molecule has 3 rings (SSSR count). The van der Waals surface area contributed by atoms with Gasteiger partial charge < -0.3 is 9.64 Å². The van der Waals surface area contributed by atoms with E-state index >= 15 is 0 Å². The van der Waals surface area contributed by atoms with E-state index in [4.69, 9.17) is 4.74 Å². The molecule has 25 heavy (non-hydrogen) atoms. The highest BCUT2D eigenvalue weighted by atomic mass is 32.2. The quantitative estimate of drug-likeness (QED) is 0.778. The number of nitrogens with zero attached hydrogens (tertiary/aromatic N) is 1. The summed E-state index contributed by atoms with van der Waals surface area (Å²) in [6.07, 6.45) is 5.17. The monoisotopic (exact) mass is 367 g/mol. The number of carbonyl (C=O) groups excluding carboxylic acids is 1. The van der Waals surface area contributed by atoms with Gasteiger partial charge in [-0.3, -0.25) is 0 Å². The molecular weight excluding hydrogens is 340 g/mol. The smallest absolute Gasteiger partial charge is 0.338 e. The molecule has 1 aromatic carbocycles. The number of hydrogen-bond donors (Lipinski definition) is 1. The largest absolute Gasteiger partial charge is 0.462 e. The molecule has 1 N–H and O–H groups in total. The van der Waals surface area contributed by atoms with Crippen molar-refractivity contribution in [3.8, 4) is 0 Å². The summed E-state index contributed by atoms with van der Waals surface area (Å²) in [5, 5.41) is 0. The Morgan fingerprint density at radius 1 is 1.16 bits per heavy atom. The highest BCUT2D eigenvalue weighted by molar-refractivity contribution is 7.89. The van der Waals surface area contributed by atoms with Gasteiger partial charge in [0.15, 0.2) is 0 Å². The van der Waals surface area contributed by atoms with Gasteiger partial charge in [-0.25, -0.2) is 13.2 Å². The van der Waals surface area contributed by atoms with Gasteiger partial charge in [0.05, 0.1) is 49.3 Å². The molecule has 1 heterocycles. The molecule has 138 valence electrons. The number of esters is 1. The summed E-state index contributed by atoms with van der Waals surface area (Å²) in [5.74, 6) is -0.430. The molecule has 2 aliphatic rings. The zero-order chi connectivity index (χ0) is 17.9. The van der Waals surface area contributed by atoms with Crippen molar-refractivity contribution in [1.82, 2.24) is 4.31 Å². The summed E-state index contributed by atoms with van der Waals surface area (Å²) in [6.45, 7) is 4.92. The number of rotatable bonds is 5. The second-order valence-corrected chi connectivity index (χ2v) is 8.73. The number of piperazine rings is 1. The molecule has 0 atom stereocenters. The third-order valence-corrected chi connectivity index (χ3v) is 7.21. The molecule has 6 nitrogen and oxygen atoms in total. The van der Waals surface area contributed by atoms with Crippen LogP contribution in [-0.2, 0) is 14.8 Å². The topological polar surface area (TPSA) is 68.1 Å². The van der Waals surface area contributed by atoms with E-state index in [0.717, 1.165) is 13.1 Å². The Morgan fingerprint density at radius 2 is 1.76 bits per heavy atom. The van der Waals surface area contributed by atoms with Crippen LogP contribution in [0.25, 0.3) is 0 Å².